The van der Waals surface area contributed by atoms with Crippen LogP contribution in [-0.4, -0.2) is 5.54 Å². The molecule has 2 heteroatoms. The highest BCUT2D eigenvalue weighted by Crippen LogP contribution is 2.17. The predicted octanol–water partition coefficient (Wildman–Crippen LogP) is 3.35. The van der Waals surface area contributed by atoms with Crippen LogP contribution in [0, 0.1) is 15.9 Å². The van der Waals surface area contributed by atoms with Crippen molar-refractivity contribution in [1.29, 1.82) is 0 Å². The molecule has 0 fully saturated rings. The molecule has 1 aromatic rings. The summed E-state index contributed by atoms with van der Waals surface area (Å²) in [5.41, 5.74) is 1.00. The lowest BCUT2D eigenvalue weighted by Crippen LogP contribution is -2.39. The highest BCUT2D eigenvalue weighted by Gasteiger charge is 2.17. The Labute approximate surface area is 106 Å². The lowest BCUT2D eigenvalue weighted by Gasteiger charge is -2.25. The van der Waals surface area contributed by atoms with Gasteiger partial charge in [-0.3, -0.25) is 5.32 Å². The SMILES string of the molecule is C#CC(C)(C)NC(C)c1ccc(I)cc1. The highest BCUT2D eigenvalue weighted by molar-refractivity contribution is 14.1. The molecular formula is C13H16IN. The monoisotopic (exact) mass is 313 g/mol. The van der Waals surface area contributed by atoms with E-state index in [0.29, 0.717) is 0 Å². The Bertz CT molecular complexity index is 359. The van der Waals surface area contributed by atoms with Crippen LogP contribution in [0.3, 0.4) is 0 Å². The van der Waals surface area contributed by atoms with Crippen molar-refractivity contribution in [3.63, 3.8) is 0 Å². The zero-order valence-corrected chi connectivity index (χ0v) is 11.5. The summed E-state index contributed by atoms with van der Waals surface area (Å²) < 4.78 is 1.25. The lowest BCUT2D eigenvalue weighted by molar-refractivity contribution is 0.431. The predicted molar refractivity (Wildman–Crippen MR) is 73.6 cm³/mol. The van der Waals surface area contributed by atoms with Crippen LogP contribution in [0.25, 0.3) is 0 Å². The van der Waals surface area contributed by atoms with Crippen LogP contribution in [0.2, 0.25) is 0 Å². The van der Waals surface area contributed by atoms with Crippen molar-refractivity contribution in [3.05, 3.63) is 33.4 Å². The van der Waals surface area contributed by atoms with Crippen molar-refractivity contribution in [2.45, 2.75) is 32.4 Å². The third kappa shape index (κ3) is 3.84. The van der Waals surface area contributed by atoms with Crippen LogP contribution in [0.4, 0.5) is 0 Å². The van der Waals surface area contributed by atoms with Gasteiger partial charge in [0.15, 0.2) is 0 Å². The maximum absolute atomic E-state index is 5.44. The van der Waals surface area contributed by atoms with Gasteiger partial charge in [-0.15, -0.1) is 6.42 Å². The van der Waals surface area contributed by atoms with E-state index in [1.165, 1.54) is 9.13 Å². The molecule has 0 saturated heterocycles. The highest BCUT2D eigenvalue weighted by atomic mass is 127. The Morgan fingerprint density at radius 1 is 1.33 bits per heavy atom. The average Bonchev–Trinajstić information content (AvgIpc) is 2.18. The summed E-state index contributed by atoms with van der Waals surface area (Å²) in [5.74, 6) is 2.74. The van der Waals surface area contributed by atoms with Crippen molar-refractivity contribution < 1.29 is 0 Å². The molecule has 1 atom stereocenters. The van der Waals surface area contributed by atoms with Crippen LogP contribution < -0.4 is 5.32 Å². The molecule has 0 spiro atoms. The van der Waals surface area contributed by atoms with E-state index in [4.69, 9.17) is 6.42 Å². The van der Waals surface area contributed by atoms with E-state index < -0.39 is 0 Å². The van der Waals surface area contributed by atoms with Crippen LogP contribution in [-0.2, 0) is 0 Å². The molecule has 0 aliphatic heterocycles. The molecule has 1 nitrogen and oxygen atoms in total. The van der Waals surface area contributed by atoms with Gasteiger partial charge in [0.25, 0.3) is 0 Å². The van der Waals surface area contributed by atoms with Crippen molar-refractivity contribution in [2.75, 3.05) is 0 Å². The molecule has 0 heterocycles. The molecule has 15 heavy (non-hydrogen) atoms. The number of benzene rings is 1. The van der Waals surface area contributed by atoms with Gasteiger partial charge in [0.05, 0.1) is 5.54 Å². The second-order valence-electron chi connectivity index (χ2n) is 4.19. The molecule has 0 radical (unpaired) electrons. The molecule has 80 valence electrons. The minimum atomic E-state index is -0.261. The van der Waals surface area contributed by atoms with Crippen molar-refractivity contribution in [1.82, 2.24) is 5.32 Å². The van der Waals surface area contributed by atoms with Crippen LogP contribution in [0.1, 0.15) is 32.4 Å². The summed E-state index contributed by atoms with van der Waals surface area (Å²) in [4.78, 5) is 0. The van der Waals surface area contributed by atoms with Crippen LogP contribution >= 0.6 is 22.6 Å². The van der Waals surface area contributed by atoms with E-state index in [2.05, 4.69) is 65.0 Å². The van der Waals surface area contributed by atoms with Gasteiger partial charge in [0.1, 0.15) is 0 Å². The smallest absolute Gasteiger partial charge is 0.0745 e. The zero-order valence-electron chi connectivity index (χ0n) is 9.34. The molecule has 0 aliphatic carbocycles. The number of halogens is 1. The third-order valence-electron chi connectivity index (χ3n) is 2.31. The van der Waals surface area contributed by atoms with Gasteiger partial charge in [0.2, 0.25) is 0 Å². The summed E-state index contributed by atoms with van der Waals surface area (Å²) in [7, 11) is 0. The van der Waals surface area contributed by atoms with Gasteiger partial charge in [-0.05, 0) is 61.1 Å². The maximum atomic E-state index is 5.44. The van der Waals surface area contributed by atoms with Gasteiger partial charge in [-0.1, -0.05) is 18.1 Å². The van der Waals surface area contributed by atoms with Gasteiger partial charge < -0.3 is 0 Å². The molecule has 0 amide bonds. The zero-order chi connectivity index (χ0) is 11.5. The van der Waals surface area contributed by atoms with E-state index in [0.717, 1.165) is 0 Å². The minimum absolute atomic E-state index is 0.261. The fourth-order valence-corrected chi connectivity index (χ4v) is 1.78. The molecule has 1 rings (SSSR count). The van der Waals surface area contributed by atoms with Gasteiger partial charge in [0, 0.05) is 9.61 Å². The molecule has 0 aromatic heterocycles. The first-order valence-electron chi connectivity index (χ1n) is 4.95. The second kappa shape index (κ2) is 5.00. The van der Waals surface area contributed by atoms with E-state index in [9.17, 15) is 0 Å². The molecule has 1 N–H and O–H groups in total. The van der Waals surface area contributed by atoms with E-state index in [1.54, 1.807) is 0 Å². The van der Waals surface area contributed by atoms with Gasteiger partial charge in [-0.25, -0.2) is 0 Å². The number of terminal acetylenes is 1. The van der Waals surface area contributed by atoms with Crippen molar-refractivity contribution >= 4 is 22.6 Å². The first kappa shape index (κ1) is 12.5. The normalized spacial score (nSPS) is 13.3. The van der Waals surface area contributed by atoms with Crippen LogP contribution in [0.15, 0.2) is 24.3 Å². The number of hydrogen-bond donors (Lipinski definition) is 1. The Hall–Kier alpha value is -0.530. The molecule has 0 aliphatic rings. The summed E-state index contributed by atoms with van der Waals surface area (Å²) >= 11 is 2.30. The number of hydrogen-bond acceptors (Lipinski definition) is 1. The quantitative estimate of drug-likeness (QED) is 0.666. The first-order valence-corrected chi connectivity index (χ1v) is 6.03. The molecular weight excluding hydrogens is 297 g/mol. The maximum Gasteiger partial charge on any atom is 0.0745 e. The number of nitrogens with one attached hydrogen (secondary N) is 1. The van der Waals surface area contributed by atoms with Crippen molar-refractivity contribution in [3.8, 4) is 12.3 Å². The Kier molecular flexibility index (Phi) is 4.18. The summed E-state index contributed by atoms with van der Waals surface area (Å²) in [6.45, 7) is 6.15. The minimum Gasteiger partial charge on any atom is -0.295 e. The topological polar surface area (TPSA) is 12.0 Å². The summed E-state index contributed by atoms with van der Waals surface area (Å²) in [6.07, 6.45) is 5.44. The van der Waals surface area contributed by atoms with Gasteiger partial charge in [-0.2, -0.15) is 0 Å². The van der Waals surface area contributed by atoms with Crippen molar-refractivity contribution in [2.24, 2.45) is 0 Å². The fourth-order valence-electron chi connectivity index (χ4n) is 1.42. The Morgan fingerprint density at radius 3 is 2.33 bits per heavy atom. The van der Waals surface area contributed by atoms with E-state index in [-0.39, 0.29) is 11.6 Å². The lowest BCUT2D eigenvalue weighted by atomic mass is 10.0. The van der Waals surface area contributed by atoms with E-state index >= 15 is 0 Å². The largest absolute Gasteiger partial charge is 0.295 e. The third-order valence-corrected chi connectivity index (χ3v) is 3.03. The van der Waals surface area contributed by atoms with Crippen LogP contribution in [0.5, 0.6) is 0 Å². The Balaban J connectivity index is 2.74. The van der Waals surface area contributed by atoms with E-state index in [1.807, 2.05) is 13.8 Å². The second-order valence-corrected chi connectivity index (χ2v) is 5.43. The molecule has 0 saturated carbocycles. The Morgan fingerprint density at radius 2 is 1.87 bits per heavy atom. The standard InChI is InChI=1S/C13H16IN/c1-5-13(3,4)15-10(2)11-6-8-12(14)9-7-11/h1,6-10,15H,2-4H3. The molecule has 0 bridgehead atoms. The first-order chi connectivity index (χ1) is 6.94. The molecule has 1 aromatic carbocycles. The summed E-state index contributed by atoms with van der Waals surface area (Å²) in [6, 6.07) is 8.75. The summed E-state index contributed by atoms with van der Waals surface area (Å²) in [5, 5.41) is 3.40. The molecule has 1 unspecified atom stereocenters. The number of rotatable bonds is 3. The average molecular weight is 313 g/mol. The fraction of sp³-hybridized carbons (Fsp3) is 0.385. The van der Waals surface area contributed by atoms with Gasteiger partial charge >= 0.3 is 0 Å².